The Balaban J connectivity index is 1.98. The van der Waals surface area contributed by atoms with Gasteiger partial charge in [0.1, 0.15) is 18.5 Å². The molecule has 0 aromatic heterocycles. The van der Waals surface area contributed by atoms with E-state index in [9.17, 15) is 22.8 Å². The van der Waals surface area contributed by atoms with E-state index in [1.165, 1.54) is 23.1 Å². The Morgan fingerprint density at radius 3 is 2.75 bits per heavy atom. The van der Waals surface area contributed by atoms with Crippen LogP contribution in [-0.2, 0) is 4.79 Å². The molecule has 1 aliphatic heterocycles. The van der Waals surface area contributed by atoms with Crippen LogP contribution in [0.25, 0.3) is 0 Å². The molecule has 1 atom stereocenters. The van der Waals surface area contributed by atoms with E-state index in [1.54, 1.807) is 6.07 Å². The summed E-state index contributed by atoms with van der Waals surface area (Å²) in [4.78, 5) is 25.3. The first-order chi connectivity index (χ1) is 11.3. The van der Waals surface area contributed by atoms with E-state index in [-0.39, 0.29) is 5.69 Å². The van der Waals surface area contributed by atoms with E-state index in [4.69, 9.17) is 5.11 Å². The van der Waals surface area contributed by atoms with Gasteiger partial charge in [-0.2, -0.15) is 0 Å². The average molecular weight is 345 g/mol. The van der Waals surface area contributed by atoms with Crippen molar-refractivity contribution in [3.8, 4) is 0 Å². The predicted molar refractivity (Wildman–Crippen MR) is 80.3 cm³/mol. The Bertz CT molecular complexity index is 613. The number of nitrogens with one attached hydrogen (secondary N) is 2. The number of urea groups is 1. The molecule has 9 heteroatoms. The fourth-order valence-electron chi connectivity index (χ4n) is 2.39. The summed E-state index contributed by atoms with van der Waals surface area (Å²) in [5.74, 6) is -4.50. The molecular weight excluding hydrogens is 327 g/mol. The van der Waals surface area contributed by atoms with Crippen LogP contribution < -0.4 is 15.5 Å². The quantitative estimate of drug-likeness (QED) is 0.751. The van der Waals surface area contributed by atoms with Crippen LogP contribution in [0.2, 0.25) is 0 Å². The van der Waals surface area contributed by atoms with E-state index in [1.807, 2.05) is 5.32 Å². The van der Waals surface area contributed by atoms with Crippen LogP contribution in [0, 0.1) is 5.82 Å². The number of aliphatic hydroxyl groups excluding tert-OH is 1. The third-order valence-electron chi connectivity index (χ3n) is 3.63. The molecule has 1 aromatic carbocycles. The number of hydrogen-bond donors (Lipinski definition) is 3. The van der Waals surface area contributed by atoms with Gasteiger partial charge in [0, 0.05) is 6.54 Å². The third kappa shape index (κ3) is 4.38. The molecule has 3 N–H and O–H groups in total. The number of piperidine rings is 1. The summed E-state index contributed by atoms with van der Waals surface area (Å²) < 4.78 is 39.6. The van der Waals surface area contributed by atoms with Gasteiger partial charge in [-0.05, 0) is 25.0 Å². The van der Waals surface area contributed by atoms with E-state index in [2.05, 4.69) is 5.32 Å². The number of benzene rings is 1. The maximum absolute atomic E-state index is 13.8. The lowest BCUT2D eigenvalue weighted by molar-refractivity contribution is -0.121. The van der Waals surface area contributed by atoms with E-state index in [0.717, 1.165) is 0 Å². The summed E-state index contributed by atoms with van der Waals surface area (Å²) in [5, 5.41) is 12.6. The summed E-state index contributed by atoms with van der Waals surface area (Å²) in [6, 6.07) is 3.89. The molecule has 132 valence electrons. The number of para-hydroxylation sites is 1. The Kier molecular flexibility index (Phi) is 5.66. The second kappa shape index (κ2) is 7.52. The first kappa shape index (κ1) is 18.1. The summed E-state index contributed by atoms with van der Waals surface area (Å²) >= 11 is 0. The molecule has 1 aromatic rings. The normalized spacial score (nSPS) is 18.4. The van der Waals surface area contributed by atoms with E-state index in [0.29, 0.717) is 19.4 Å². The predicted octanol–water partition coefficient (Wildman–Crippen LogP) is 1.25. The van der Waals surface area contributed by atoms with Gasteiger partial charge in [0.05, 0.1) is 12.2 Å². The van der Waals surface area contributed by atoms with Crippen molar-refractivity contribution in [2.24, 2.45) is 0 Å². The molecular formula is C15H18F3N3O3. The van der Waals surface area contributed by atoms with Crippen LogP contribution in [0.4, 0.5) is 23.7 Å². The molecule has 6 nitrogen and oxygen atoms in total. The third-order valence-corrected chi connectivity index (χ3v) is 3.63. The van der Waals surface area contributed by atoms with Gasteiger partial charge < -0.3 is 20.6 Å². The van der Waals surface area contributed by atoms with Crippen molar-refractivity contribution in [3.63, 3.8) is 0 Å². The molecule has 0 spiro atoms. The maximum Gasteiger partial charge on any atom is 0.315 e. The lowest BCUT2D eigenvalue weighted by Gasteiger charge is -2.32. The van der Waals surface area contributed by atoms with Gasteiger partial charge in [-0.25, -0.2) is 18.0 Å². The minimum absolute atomic E-state index is 0.112. The molecule has 24 heavy (non-hydrogen) atoms. The van der Waals surface area contributed by atoms with Gasteiger partial charge in [-0.3, -0.25) is 4.79 Å². The largest absolute Gasteiger partial charge is 0.390 e. The molecule has 1 heterocycles. The molecule has 0 saturated carbocycles. The highest BCUT2D eigenvalue weighted by molar-refractivity contribution is 5.99. The highest BCUT2D eigenvalue weighted by atomic mass is 19.3. The number of anilines is 1. The van der Waals surface area contributed by atoms with Crippen LogP contribution in [0.1, 0.15) is 12.8 Å². The number of nitrogens with zero attached hydrogens (tertiary/aromatic N) is 1. The van der Waals surface area contributed by atoms with Gasteiger partial charge >= 0.3 is 6.03 Å². The molecule has 1 fully saturated rings. The molecule has 1 saturated heterocycles. The van der Waals surface area contributed by atoms with Crippen molar-refractivity contribution < 1.29 is 27.9 Å². The number of carbonyl (C=O) groups excluding carboxylic acids is 2. The number of alkyl halides is 2. The summed E-state index contributed by atoms with van der Waals surface area (Å²) in [7, 11) is 0. The lowest BCUT2D eigenvalue weighted by atomic mass is 10.0. The van der Waals surface area contributed by atoms with Crippen LogP contribution in [0.15, 0.2) is 24.3 Å². The monoisotopic (exact) mass is 345 g/mol. The first-order valence-electron chi connectivity index (χ1n) is 7.43. The zero-order valence-electron chi connectivity index (χ0n) is 12.8. The van der Waals surface area contributed by atoms with E-state index >= 15 is 0 Å². The molecule has 0 bridgehead atoms. The molecule has 1 unspecified atom stereocenters. The van der Waals surface area contributed by atoms with Gasteiger partial charge in [0.15, 0.2) is 0 Å². The lowest BCUT2D eigenvalue weighted by Crippen LogP contribution is -2.55. The van der Waals surface area contributed by atoms with Gasteiger partial charge in [0.25, 0.3) is 5.92 Å². The molecule has 0 radical (unpaired) electrons. The highest BCUT2D eigenvalue weighted by Crippen LogP contribution is 2.23. The minimum atomic E-state index is -3.44. The van der Waals surface area contributed by atoms with Crippen LogP contribution >= 0.6 is 0 Å². The molecule has 1 aliphatic rings. The number of halogens is 3. The smallest absolute Gasteiger partial charge is 0.315 e. The average Bonchev–Trinajstić information content (AvgIpc) is 2.56. The maximum atomic E-state index is 13.8. The van der Waals surface area contributed by atoms with Crippen molar-refractivity contribution in [1.29, 1.82) is 0 Å². The number of aliphatic hydroxyl groups is 1. The van der Waals surface area contributed by atoms with Crippen LogP contribution in [0.3, 0.4) is 0 Å². The topological polar surface area (TPSA) is 81.7 Å². The van der Waals surface area contributed by atoms with Crippen molar-refractivity contribution in [2.75, 3.05) is 24.6 Å². The van der Waals surface area contributed by atoms with Crippen molar-refractivity contribution in [1.82, 2.24) is 10.6 Å². The molecule has 2 rings (SSSR count). The second-order valence-corrected chi connectivity index (χ2v) is 5.48. The first-order valence-corrected chi connectivity index (χ1v) is 7.43. The van der Waals surface area contributed by atoms with E-state index < -0.39 is 42.9 Å². The highest BCUT2D eigenvalue weighted by Gasteiger charge is 2.33. The fourth-order valence-corrected chi connectivity index (χ4v) is 2.39. The van der Waals surface area contributed by atoms with Crippen molar-refractivity contribution >= 4 is 17.6 Å². The minimum Gasteiger partial charge on any atom is -0.390 e. The Morgan fingerprint density at radius 1 is 1.38 bits per heavy atom. The summed E-state index contributed by atoms with van der Waals surface area (Å²) in [6.45, 7) is -2.13. The number of hydrogen-bond acceptors (Lipinski definition) is 3. The Labute approximate surface area is 136 Å². The van der Waals surface area contributed by atoms with Gasteiger partial charge in [-0.15, -0.1) is 0 Å². The number of amides is 3. The summed E-state index contributed by atoms with van der Waals surface area (Å²) in [5.41, 5.74) is 0.112. The zero-order chi connectivity index (χ0) is 17.7. The SMILES string of the molecule is O=C(NCC(F)(F)CO)NC1CCCN(c2ccccc2F)C1=O. The number of carbonyl (C=O) groups is 2. The van der Waals surface area contributed by atoms with Crippen LogP contribution in [0.5, 0.6) is 0 Å². The Morgan fingerprint density at radius 2 is 2.08 bits per heavy atom. The standard InChI is InChI=1S/C15H18F3N3O3/c16-10-4-1-2-6-12(10)21-7-3-5-11(13(21)23)20-14(24)19-8-15(17,18)9-22/h1-2,4,6,11,22H,3,5,7-9H2,(H2,19,20,24). The summed E-state index contributed by atoms with van der Waals surface area (Å²) in [6.07, 6.45) is 0.853. The fraction of sp³-hybridized carbons (Fsp3) is 0.467. The van der Waals surface area contributed by atoms with Gasteiger partial charge in [-0.1, -0.05) is 12.1 Å². The molecule has 0 aliphatic carbocycles. The van der Waals surface area contributed by atoms with Crippen molar-refractivity contribution in [3.05, 3.63) is 30.1 Å². The van der Waals surface area contributed by atoms with Crippen LogP contribution in [-0.4, -0.2) is 48.7 Å². The zero-order valence-corrected chi connectivity index (χ0v) is 12.8. The Hall–Kier alpha value is -2.29. The van der Waals surface area contributed by atoms with Gasteiger partial charge in [0.2, 0.25) is 5.91 Å². The second-order valence-electron chi connectivity index (χ2n) is 5.48. The molecule has 3 amide bonds. The van der Waals surface area contributed by atoms with Crippen molar-refractivity contribution in [2.45, 2.75) is 24.8 Å². The number of rotatable bonds is 5.